The molecule has 2 unspecified atom stereocenters. The van der Waals surface area contributed by atoms with Gasteiger partial charge in [0.2, 0.25) is 5.91 Å². The van der Waals surface area contributed by atoms with E-state index in [0.29, 0.717) is 13.0 Å². The van der Waals surface area contributed by atoms with Gasteiger partial charge in [0.25, 0.3) is 0 Å². The van der Waals surface area contributed by atoms with Crippen LogP contribution in [0.1, 0.15) is 24.9 Å². The molecule has 0 radical (unpaired) electrons. The first-order valence-corrected chi connectivity index (χ1v) is 5.37. The van der Waals surface area contributed by atoms with E-state index in [2.05, 4.69) is 5.32 Å². The molecule has 0 saturated heterocycles. The van der Waals surface area contributed by atoms with Crippen LogP contribution in [0.4, 0.5) is 0 Å². The van der Waals surface area contributed by atoms with Crippen LogP contribution in [0.25, 0.3) is 0 Å². The Morgan fingerprint density at radius 3 is 2.62 bits per heavy atom. The maximum Gasteiger partial charge on any atom is 0.241 e. The summed E-state index contributed by atoms with van der Waals surface area (Å²) in [5, 5.41) is 11.7. The van der Waals surface area contributed by atoms with Crippen molar-refractivity contribution in [1.82, 2.24) is 5.32 Å². The van der Waals surface area contributed by atoms with E-state index in [-0.39, 0.29) is 5.91 Å². The Morgan fingerprint density at radius 2 is 2.06 bits per heavy atom. The van der Waals surface area contributed by atoms with E-state index in [1.807, 2.05) is 30.3 Å². The van der Waals surface area contributed by atoms with E-state index in [4.69, 9.17) is 10.8 Å². The van der Waals surface area contributed by atoms with E-state index in [1.54, 1.807) is 6.92 Å². The van der Waals surface area contributed by atoms with Gasteiger partial charge in [-0.2, -0.15) is 0 Å². The van der Waals surface area contributed by atoms with E-state index in [1.165, 1.54) is 0 Å². The average molecular weight is 222 g/mol. The van der Waals surface area contributed by atoms with Gasteiger partial charge in [-0.25, -0.2) is 0 Å². The van der Waals surface area contributed by atoms with E-state index < -0.39 is 12.1 Å². The highest BCUT2D eigenvalue weighted by Gasteiger charge is 2.14. The largest absolute Gasteiger partial charge is 0.393 e. The number of carbonyl (C=O) groups is 1. The van der Waals surface area contributed by atoms with Crippen molar-refractivity contribution >= 4 is 5.91 Å². The molecule has 0 heterocycles. The predicted octanol–water partition coefficient (Wildman–Crippen LogP) is 0.573. The maximum absolute atomic E-state index is 11.6. The molecule has 0 aromatic heterocycles. The summed E-state index contributed by atoms with van der Waals surface area (Å²) in [6.45, 7) is 2.13. The zero-order valence-corrected chi connectivity index (χ0v) is 9.39. The first-order chi connectivity index (χ1) is 7.61. The molecule has 0 bridgehead atoms. The number of aliphatic hydroxyl groups is 1. The van der Waals surface area contributed by atoms with Crippen molar-refractivity contribution in [3.05, 3.63) is 35.9 Å². The van der Waals surface area contributed by atoms with Crippen molar-refractivity contribution < 1.29 is 9.90 Å². The van der Waals surface area contributed by atoms with Crippen molar-refractivity contribution in [2.75, 3.05) is 6.54 Å². The number of nitrogens with one attached hydrogen (secondary N) is 1. The summed E-state index contributed by atoms with van der Waals surface area (Å²) >= 11 is 0. The topological polar surface area (TPSA) is 75.3 Å². The van der Waals surface area contributed by atoms with Gasteiger partial charge in [-0.15, -0.1) is 0 Å². The molecular formula is C12H18N2O2. The molecule has 0 fully saturated rings. The van der Waals surface area contributed by atoms with Crippen molar-refractivity contribution in [1.29, 1.82) is 0 Å². The molecule has 16 heavy (non-hydrogen) atoms. The van der Waals surface area contributed by atoms with Crippen LogP contribution in [-0.4, -0.2) is 23.7 Å². The first kappa shape index (κ1) is 12.7. The molecule has 2 atom stereocenters. The second-order valence-corrected chi connectivity index (χ2v) is 3.82. The molecular weight excluding hydrogens is 204 g/mol. The Morgan fingerprint density at radius 1 is 1.44 bits per heavy atom. The normalized spacial score (nSPS) is 14.2. The molecule has 88 valence electrons. The minimum Gasteiger partial charge on any atom is -0.393 e. The van der Waals surface area contributed by atoms with Crippen LogP contribution >= 0.6 is 0 Å². The van der Waals surface area contributed by atoms with Crippen LogP contribution < -0.4 is 11.1 Å². The summed E-state index contributed by atoms with van der Waals surface area (Å²) in [7, 11) is 0. The summed E-state index contributed by atoms with van der Waals surface area (Å²) in [4.78, 5) is 11.6. The van der Waals surface area contributed by atoms with Crippen LogP contribution in [0.5, 0.6) is 0 Å². The minimum absolute atomic E-state index is 0.216. The molecule has 1 aromatic rings. The van der Waals surface area contributed by atoms with Gasteiger partial charge in [-0.05, 0) is 18.9 Å². The fourth-order valence-corrected chi connectivity index (χ4v) is 1.33. The first-order valence-electron chi connectivity index (χ1n) is 5.37. The van der Waals surface area contributed by atoms with Crippen molar-refractivity contribution in [3.63, 3.8) is 0 Å². The summed E-state index contributed by atoms with van der Waals surface area (Å²) in [6, 6.07) is 8.56. The summed E-state index contributed by atoms with van der Waals surface area (Å²) < 4.78 is 0. The fraction of sp³-hybridized carbons (Fsp3) is 0.417. The molecule has 0 aliphatic heterocycles. The SMILES string of the molecule is CC(O)CCNC(=O)C(N)c1ccccc1. The summed E-state index contributed by atoms with van der Waals surface area (Å²) in [6.07, 6.45) is 0.126. The second kappa shape index (κ2) is 6.25. The predicted molar refractivity (Wildman–Crippen MR) is 62.7 cm³/mol. The Labute approximate surface area is 95.5 Å². The smallest absolute Gasteiger partial charge is 0.241 e. The lowest BCUT2D eigenvalue weighted by Crippen LogP contribution is -2.35. The minimum atomic E-state index is -0.643. The van der Waals surface area contributed by atoms with Gasteiger partial charge in [0.05, 0.1) is 6.10 Å². The summed E-state index contributed by atoms with van der Waals surface area (Å²) in [5.41, 5.74) is 6.57. The maximum atomic E-state index is 11.6. The van der Waals surface area contributed by atoms with Crippen LogP contribution in [0, 0.1) is 0 Å². The van der Waals surface area contributed by atoms with Crippen LogP contribution in [0.3, 0.4) is 0 Å². The highest BCUT2D eigenvalue weighted by molar-refractivity contribution is 5.82. The lowest BCUT2D eigenvalue weighted by Gasteiger charge is -2.12. The fourth-order valence-electron chi connectivity index (χ4n) is 1.33. The molecule has 4 heteroatoms. The number of nitrogens with two attached hydrogens (primary N) is 1. The van der Waals surface area contributed by atoms with Gasteiger partial charge in [-0.1, -0.05) is 30.3 Å². The molecule has 1 amide bonds. The molecule has 0 spiro atoms. The van der Waals surface area contributed by atoms with Gasteiger partial charge < -0.3 is 16.2 Å². The van der Waals surface area contributed by atoms with Crippen molar-refractivity contribution in [2.24, 2.45) is 5.73 Å². The van der Waals surface area contributed by atoms with Gasteiger partial charge in [0.1, 0.15) is 6.04 Å². The van der Waals surface area contributed by atoms with Crippen molar-refractivity contribution in [2.45, 2.75) is 25.5 Å². The van der Waals surface area contributed by atoms with Crippen molar-refractivity contribution in [3.8, 4) is 0 Å². The van der Waals surface area contributed by atoms with Gasteiger partial charge in [0.15, 0.2) is 0 Å². The number of amides is 1. The lowest BCUT2D eigenvalue weighted by molar-refractivity contribution is -0.122. The molecule has 4 N–H and O–H groups in total. The second-order valence-electron chi connectivity index (χ2n) is 3.82. The third-order valence-corrected chi connectivity index (χ3v) is 2.30. The van der Waals surface area contributed by atoms with Gasteiger partial charge in [-0.3, -0.25) is 4.79 Å². The standard InChI is InChI=1S/C12H18N2O2/c1-9(15)7-8-14-12(16)11(13)10-5-3-2-4-6-10/h2-6,9,11,15H,7-8,13H2,1H3,(H,14,16). The lowest BCUT2D eigenvalue weighted by atomic mass is 10.1. The number of aliphatic hydroxyl groups excluding tert-OH is 1. The van der Waals surface area contributed by atoms with Crippen LogP contribution in [0.2, 0.25) is 0 Å². The van der Waals surface area contributed by atoms with Gasteiger partial charge in [0, 0.05) is 6.54 Å². The highest BCUT2D eigenvalue weighted by atomic mass is 16.3. The van der Waals surface area contributed by atoms with Gasteiger partial charge >= 0.3 is 0 Å². The molecule has 0 aliphatic carbocycles. The quantitative estimate of drug-likeness (QED) is 0.682. The monoisotopic (exact) mass is 222 g/mol. The molecule has 1 aromatic carbocycles. The molecule has 0 saturated carbocycles. The Kier molecular flexibility index (Phi) is 4.95. The number of rotatable bonds is 5. The van der Waals surface area contributed by atoms with E-state index in [9.17, 15) is 4.79 Å². The molecule has 1 rings (SSSR count). The Hall–Kier alpha value is -1.39. The number of benzene rings is 1. The number of hydrogen-bond acceptors (Lipinski definition) is 3. The highest BCUT2D eigenvalue weighted by Crippen LogP contribution is 2.08. The third-order valence-electron chi connectivity index (χ3n) is 2.30. The van der Waals surface area contributed by atoms with Crippen LogP contribution in [0.15, 0.2) is 30.3 Å². The zero-order valence-electron chi connectivity index (χ0n) is 9.39. The summed E-state index contributed by atoms with van der Waals surface area (Å²) in [5.74, 6) is -0.216. The Bertz CT molecular complexity index is 325. The Balaban J connectivity index is 2.43. The number of carbonyl (C=O) groups excluding carboxylic acids is 1. The van der Waals surface area contributed by atoms with E-state index in [0.717, 1.165) is 5.56 Å². The van der Waals surface area contributed by atoms with E-state index >= 15 is 0 Å². The van der Waals surface area contributed by atoms with Crippen LogP contribution in [-0.2, 0) is 4.79 Å². The zero-order chi connectivity index (χ0) is 12.0. The average Bonchev–Trinajstić information content (AvgIpc) is 2.28. The third kappa shape index (κ3) is 4.00. The molecule has 4 nitrogen and oxygen atoms in total. The molecule has 0 aliphatic rings. The number of hydrogen-bond donors (Lipinski definition) is 3.